The van der Waals surface area contributed by atoms with Gasteiger partial charge in [0.25, 0.3) is 0 Å². The van der Waals surface area contributed by atoms with Gasteiger partial charge in [-0.2, -0.15) is 0 Å². The highest BCUT2D eigenvalue weighted by Crippen LogP contribution is 2.22. The molecule has 0 aromatic rings. The number of rotatable bonds is 4. The van der Waals surface area contributed by atoms with Crippen LogP contribution < -0.4 is 0 Å². The van der Waals surface area contributed by atoms with Crippen LogP contribution in [0.3, 0.4) is 0 Å². The van der Waals surface area contributed by atoms with Gasteiger partial charge in [0.15, 0.2) is 0 Å². The van der Waals surface area contributed by atoms with Gasteiger partial charge in [-0.3, -0.25) is 0 Å². The molecule has 0 saturated heterocycles. The van der Waals surface area contributed by atoms with E-state index < -0.39 is 0 Å². The Hall–Kier alpha value is -0.600. The first-order valence-corrected chi connectivity index (χ1v) is 5.66. The van der Waals surface area contributed by atoms with E-state index in [4.69, 9.17) is 0 Å². The predicted octanol–water partition coefficient (Wildman–Crippen LogP) is 1.66. The topological polar surface area (TPSA) is 0 Å². The summed E-state index contributed by atoms with van der Waals surface area (Å²) in [5, 5.41) is 0. The van der Waals surface area contributed by atoms with Gasteiger partial charge in [0.1, 0.15) is 13.1 Å². The lowest BCUT2D eigenvalue weighted by molar-refractivity contribution is -0.868. The number of allylic oxidation sites excluding steroid dienone is 1. The minimum absolute atomic E-state index is 1.01. The molecular weight excluding hydrogens is 184 g/mol. The number of likely N-dealkylation sites (N-methyl/N-ethyl adjacent to an activating group) is 2. The van der Waals surface area contributed by atoms with Gasteiger partial charge in [0.2, 0.25) is 0 Å². The van der Waals surface area contributed by atoms with Gasteiger partial charge < -0.3 is 8.97 Å². The van der Waals surface area contributed by atoms with Crippen LogP contribution in [0.25, 0.3) is 0 Å². The van der Waals surface area contributed by atoms with Gasteiger partial charge >= 0.3 is 0 Å². The van der Waals surface area contributed by atoms with Crippen molar-refractivity contribution >= 4 is 0 Å². The third kappa shape index (κ3) is 4.63. The highest BCUT2D eigenvalue weighted by Gasteiger charge is 2.20. The fourth-order valence-corrected chi connectivity index (χ4v) is 2.01. The van der Waals surface area contributed by atoms with E-state index >= 15 is 0 Å². The maximum Gasteiger partial charge on any atom is 0.104 e. The zero-order chi connectivity index (χ0) is 11.7. The van der Waals surface area contributed by atoms with Crippen LogP contribution in [0.1, 0.15) is 6.42 Å². The van der Waals surface area contributed by atoms with Crippen molar-refractivity contribution in [3.8, 4) is 0 Å². The molecule has 0 amide bonds. The molecule has 1 rings (SSSR count). The van der Waals surface area contributed by atoms with Crippen LogP contribution in [0.4, 0.5) is 0 Å². The molecule has 0 N–H and O–H groups in total. The van der Waals surface area contributed by atoms with Gasteiger partial charge in [0.05, 0.1) is 42.3 Å². The van der Waals surface area contributed by atoms with Crippen LogP contribution in [-0.4, -0.2) is 64.3 Å². The zero-order valence-electron chi connectivity index (χ0n) is 11.2. The van der Waals surface area contributed by atoms with Crippen LogP contribution in [0.5, 0.6) is 0 Å². The molecule has 0 aromatic carbocycles. The van der Waals surface area contributed by atoms with Crippen molar-refractivity contribution in [2.45, 2.75) is 6.42 Å². The second-order valence-electron chi connectivity index (χ2n) is 6.63. The van der Waals surface area contributed by atoms with Gasteiger partial charge in [-0.05, 0) is 12.0 Å². The molecule has 0 radical (unpaired) electrons. The standard InChI is InChI=1S/C13H26N2/c1-14(2,3)10-12-8-7-9-13(12)11-15(4,5)6/h7-8H,9-11H2,1-6H3/q+2. The van der Waals surface area contributed by atoms with Crippen molar-refractivity contribution in [2.24, 2.45) is 0 Å². The van der Waals surface area contributed by atoms with Crippen molar-refractivity contribution in [1.82, 2.24) is 0 Å². The van der Waals surface area contributed by atoms with Gasteiger partial charge in [0, 0.05) is 5.57 Å². The largest absolute Gasteiger partial charge is 0.327 e. The highest BCUT2D eigenvalue weighted by atomic mass is 15.3. The van der Waals surface area contributed by atoms with Gasteiger partial charge in [-0.25, -0.2) is 0 Å². The van der Waals surface area contributed by atoms with Crippen molar-refractivity contribution in [2.75, 3.05) is 55.4 Å². The smallest absolute Gasteiger partial charge is 0.104 e. The minimum Gasteiger partial charge on any atom is -0.327 e. The van der Waals surface area contributed by atoms with E-state index in [2.05, 4.69) is 54.4 Å². The molecule has 0 fully saturated rings. The summed E-state index contributed by atoms with van der Waals surface area (Å²) in [5.74, 6) is 0. The first-order chi connectivity index (χ1) is 6.67. The average molecular weight is 210 g/mol. The Morgan fingerprint density at radius 3 is 1.93 bits per heavy atom. The Balaban J connectivity index is 2.74. The van der Waals surface area contributed by atoms with Crippen molar-refractivity contribution in [1.29, 1.82) is 0 Å². The van der Waals surface area contributed by atoms with Crippen LogP contribution in [0.15, 0.2) is 23.3 Å². The summed E-state index contributed by atoms with van der Waals surface area (Å²) in [6, 6.07) is 0. The molecule has 0 spiro atoms. The minimum atomic E-state index is 1.01. The maximum absolute atomic E-state index is 2.31. The summed E-state index contributed by atoms with van der Waals surface area (Å²) >= 11 is 0. The number of hydrogen-bond donors (Lipinski definition) is 0. The SMILES string of the molecule is C[N+](C)(C)CC1=C(C[N+](C)(C)C)CC=C1. The van der Waals surface area contributed by atoms with E-state index in [0.717, 1.165) is 21.9 Å². The lowest BCUT2D eigenvalue weighted by Crippen LogP contribution is -2.39. The molecule has 0 aromatic heterocycles. The first-order valence-electron chi connectivity index (χ1n) is 5.66. The van der Waals surface area contributed by atoms with E-state index in [1.165, 1.54) is 6.54 Å². The summed E-state index contributed by atoms with van der Waals surface area (Å²) < 4.78 is 2.04. The van der Waals surface area contributed by atoms with E-state index in [1.807, 2.05) is 0 Å². The van der Waals surface area contributed by atoms with E-state index in [1.54, 1.807) is 11.1 Å². The Kier molecular flexibility index (Phi) is 3.41. The quantitative estimate of drug-likeness (QED) is 0.619. The van der Waals surface area contributed by atoms with Crippen molar-refractivity contribution < 1.29 is 8.97 Å². The molecule has 0 aliphatic heterocycles. The lowest BCUT2D eigenvalue weighted by Gasteiger charge is -2.28. The molecule has 2 nitrogen and oxygen atoms in total. The third-order valence-electron chi connectivity index (χ3n) is 2.45. The first kappa shape index (κ1) is 12.5. The van der Waals surface area contributed by atoms with Crippen molar-refractivity contribution in [3.63, 3.8) is 0 Å². The van der Waals surface area contributed by atoms with E-state index in [-0.39, 0.29) is 0 Å². The lowest BCUT2D eigenvalue weighted by atomic mass is 10.1. The Morgan fingerprint density at radius 2 is 1.47 bits per heavy atom. The predicted molar refractivity (Wildman–Crippen MR) is 66.6 cm³/mol. The summed E-state index contributed by atoms with van der Waals surface area (Å²) in [4.78, 5) is 0. The fourth-order valence-electron chi connectivity index (χ4n) is 2.01. The molecule has 0 saturated carbocycles. The maximum atomic E-state index is 2.31. The van der Waals surface area contributed by atoms with E-state index in [0.29, 0.717) is 0 Å². The second-order valence-corrected chi connectivity index (χ2v) is 6.63. The van der Waals surface area contributed by atoms with Crippen LogP contribution >= 0.6 is 0 Å². The number of quaternary nitrogens is 2. The molecule has 1 aliphatic rings. The molecule has 0 bridgehead atoms. The Labute approximate surface area is 94.7 Å². The molecule has 0 unspecified atom stereocenters. The second kappa shape index (κ2) is 4.11. The van der Waals surface area contributed by atoms with Crippen LogP contribution in [0, 0.1) is 0 Å². The molecular formula is C13H26N2+2. The zero-order valence-corrected chi connectivity index (χ0v) is 11.2. The molecule has 15 heavy (non-hydrogen) atoms. The summed E-state index contributed by atoms with van der Waals surface area (Å²) in [5.41, 5.74) is 3.17. The molecule has 0 heterocycles. The summed E-state index contributed by atoms with van der Waals surface area (Å²) in [6.07, 6.45) is 5.77. The number of nitrogens with zero attached hydrogens (tertiary/aromatic N) is 2. The number of hydrogen-bond acceptors (Lipinski definition) is 0. The van der Waals surface area contributed by atoms with E-state index in [9.17, 15) is 0 Å². The fraction of sp³-hybridized carbons (Fsp3) is 0.692. The summed E-state index contributed by atoms with van der Waals surface area (Å²) in [6.45, 7) is 2.31. The third-order valence-corrected chi connectivity index (χ3v) is 2.45. The van der Waals surface area contributed by atoms with Gasteiger partial charge in [-0.1, -0.05) is 12.2 Å². The molecule has 2 heteroatoms. The molecule has 0 atom stereocenters. The molecule has 86 valence electrons. The summed E-state index contributed by atoms with van der Waals surface area (Å²) in [7, 11) is 13.5. The average Bonchev–Trinajstić information content (AvgIpc) is 2.29. The normalized spacial score (nSPS) is 17.7. The van der Waals surface area contributed by atoms with Crippen molar-refractivity contribution in [3.05, 3.63) is 23.3 Å². The highest BCUT2D eigenvalue weighted by molar-refractivity contribution is 5.34. The Morgan fingerprint density at radius 1 is 0.933 bits per heavy atom. The Bertz CT molecular complexity index is 285. The molecule has 1 aliphatic carbocycles. The van der Waals surface area contributed by atoms with Crippen LogP contribution in [0.2, 0.25) is 0 Å². The monoisotopic (exact) mass is 210 g/mol. The van der Waals surface area contributed by atoms with Gasteiger partial charge in [-0.15, -0.1) is 0 Å². The van der Waals surface area contributed by atoms with Crippen LogP contribution in [-0.2, 0) is 0 Å².